The molecule has 0 spiro atoms. The standard InChI is InChI=1S/C22H29N3O2/c1-27-20-8-6-18(7-9-20)22(19-10-13-23-14-11-19)24-21(26)12-17-25-15-4-2-3-5-16-25/h6-11,13-14,22H,2-5,12,15-17H2,1H3,(H,24,26)/t22-/m1/s1. The molecule has 0 aliphatic carbocycles. The van der Waals surface area contributed by atoms with Crippen molar-refractivity contribution in [2.24, 2.45) is 0 Å². The van der Waals surface area contributed by atoms with Crippen LogP contribution < -0.4 is 10.1 Å². The normalized spacial score (nSPS) is 16.3. The van der Waals surface area contributed by atoms with Crippen LogP contribution in [0.5, 0.6) is 5.75 Å². The number of likely N-dealkylation sites (tertiary alicyclic amines) is 1. The summed E-state index contributed by atoms with van der Waals surface area (Å²) < 4.78 is 5.25. The third-order valence-electron chi connectivity index (χ3n) is 5.15. The molecule has 2 aromatic rings. The molecular weight excluding hydrogens is 338 g/mol. The van der Waals surface area contributed by atoms with E-state index in [-0.39, 0.29) is 11.9 Å². The average Bonchev–Trinajstić information content (AvgIpc) is 3.00. The van der Waals surface area contributed by atoms with E-state index in [9.17, 15) is 4.79 Å². The van der Waals surface area contributed by atoms with Gasteiger partial charge in [-0.2, -0.15) is 0 Å². The lowest BCUT2D eigenvalue weighted by Gasteiger charge is -2.22. The number of amides is 1. The Bertz CT molecular complexity index is 695. The maximum absolute atomic E-state index is 12.7. The number of benzene rings is 1. The zero-order valence-electron chi connectivity index (χ0n) is 16.1. The number of methoxy groups -OCH3 is 1. The molecule has 1 aliphatic heterocycles. The van der Waals surface area contributed by atoms with Crippen molar-refractivity contribution >= 4 is 5.91 Å². The van der Waals surface area contributed by atoms with Crippen LogP contribution in [-0.2, 0) is 4.79 Å². The number of hydrogen-bond acceptors (Lipinski definition) is 4. The highest BCUT2D eigenvalue weighted by molar-refractivity contribution is 5.77. The first-order valence-electron chi connectivity index (χ1n) is 9.82. The van der Waals surface area contributed by atoms with E-state index in [1.807, 2.05) is 36.4 Å². The third-order valence-corrected chi connectivity index (χ3v) is 5.15. The predicted molar refractivity (Wildman–Crippen MR) is 107 cm³/mol. The van der Waals surface area contributed by atoms with Crippen molar-refractivity contribution in [2.45, 2.75) is 38.1 Å². The number of nitrogens with one attached hydrogen (secondary N) is 1. The Labute approximate surface area is 161 Å². The number of carbonyl (C=O) groups excluding carboxylic acids is 1. The summed E-state index contributed by atoms with van der Waals surface area (Å²) >= 11 is 0. The van der Waals surface area contributed by atoms with E-state index >= 15 is 0 Å². The van der Waals surface area contributed by atoms with Crippen LogP contribution in [0.3, 0.4) is 0 Å². The highest BCUT2D eigenvalue weighted by Gasteiger charge is 2.18. The van der Waals surface area contributed by atoms with Gasteiger partial charge in [-0.05, 0) is 61.3 Å². The molecule has 0 unspecified atom stereocenters. The molecule has 1 amide bonds. The minimum absolute atomic E-state index is 0.0804. The largest absolute Gasteiger partial charge is 0.497 e. The maximum atomic E-state index is 12.7. The highest BCUT2D eigenvalue weighted by Crippen LogP contribution is 2.24. The number of ether oxygens (including phenoxy) is 1. The van der Waals surface area contributed by atoms with Crippen LogP contribution in [0.1, 0.15) is 49.3 Å². The molecule has 2 heterocycles. The second-order valence-electron chi connectivity index (χ2n) is 7.06. The van der Waals surface area contributed by atoms with E-state index < -0.39 is 0 Å². The molecule has 0 bridgehead atoms. The molecule has 0 radical (unpaired) electrons. The van der Waals surface area contributed by atoms with Crippen molar-refractivity contribution in [1.29, 1.82) is 0 Å². The summed E-state index contributed by atoms with van der Waals surface area (Å²) in [5, 5.41) is 3.21. The fourth-order valence-electron chi connectivity index (χ4n) is 3.56. The third kappa shape index (κ3) is 5.79. The second kappa shape index (κ2) is 10.1. The van der Waals surface area contributed by atoms with Crippen LogP contribution in [0, 0.1) is 0 Å². The molecule has 5 nitrogen and oxygen atoms in total. The Morgan fingerprint density at radius 1 is 1.04 bits per heavy atom. The van der Waals surface area contributed by atoms with E-state index in [2.05, 4.69) is 15.2 Å². The van der Waals surface area contributed by atoms with Crippen LogP contribution in [0.15, 0.2) is 48.8 Å². The van der Waals surface area contributed by atoms with E-state index in [0.717, 1.165) is 36.5 Å². The molecule has 1 fully saturated rings. The van der Waals surface area contributed by atoms with Gasteiger partial charge in [-0.15, -0.1) is 0 Å². The molecule has 144 valence electrons. The lowest BCUT2D eigenvalue weighted by molar-refractivity contribution is -0.121. The van der Waals surface area contributed by atoms with Gasteiger partial charge < -0.3 is 15.0 Å². The van der Waals surface area contributed by atoms with Gasteiger partial charge in [-0.25, -0.2) is 0 Å². The zero-order valence-corrected chi connectivity index (χ0v) is 16.1. The van der Waals surface area contributed by atoms with Gasteiger partial charge in [0.25, 0.3) is 0 Å². The SMILES string of the molecule is COc1ccc([C@@H](NC(=O)CCN2CCCCCC2)c2ccncc2)cc1. The maximum Gasteiger partial charge on any atom is 0.222 e. The number of carbonyl (C=O) groups is 1. The fourth-order valence-corrected chi connectivity index (χ4v) is 3.56. The first kappa shape index (κ1) is 19.4. The predicted octanol–water partition coefficient (Wildman–Crippen LogP) is 3.56. The van der Waals surface area contributed by atoms with Crippen LogP contribution in [0.25, 0.3) is 0 Å². The van der Waals surface area contributed by atoms with Crippen molar-refractivity contribution in [3.05, 3.63) is 59.9 Å². The Kier molecular flexibility index (Phi) is 7.22. The first-order chi connectivity index (χ1) is 13.3. The summed E-state index contributed by atoms with van der Waals surface area (Å²) in [6, 6.07) is 11.6. The lowest BCUT2D eigenvalue weighted by Crippen LogP contribution is -2.34. The van der Waals surface area contributed by atoms with E-state index in [1.54, 1.807) is 19.5 Å². The lowest BCUT2D eigenvalue weighted by atomic mass is 9.99. The highest BCUT2D eigenvalue weighted by atomic mass is 16.5. The van der Waals surface area contributed by atoms with Crippen LogP contribution in [-0.4, -0.2) is 42.5 Å². The van der Waals surface area contributed by atoms with Gasteiger partial charge in [0, 0.05) is 25.4 Å². The van der Waals surface area contributed by atoms with E-state index in [4.69, 9.17) is 4.74 Å². The Morgan fingerprint density at radius 2 is 1.67 bits per heavy atom. The molecule has 1 atom stereocenters. The van der Waals surface area contributed by atoms with E-state index in [0.29, 0.717) is 6.42 Å². The van der Waals surface area contributed by atoms with Gasteiger partial charge in [-0.1, -0.05) is 25.0 Å². The van der Waals surface area contributed by atoms with Gasteiger partial charge in [0.15, 0.2) is 0 Å². The number of nitrogens with zero attached hydrogens (tertiary/aromatic N) is 2. The molecule has 3 rings (SSSR count). The number of rotatable bonds is 7. The van der Waals surface area contributed by atoms with Crippen molar-refractivity contribution in [3.8, 4) is 5.75 Å². The summed E-state index contributed by atoms with van der Waals surface area (Å²) in [5.41, 5.74) is 2.06. The topological polar surface area (TPSA) is 54.5 Å². The molecule has 5 heteroatoms. The van der Waals surface area contributed by atoms with E-state index in [1.165, 1.54) is 25.7 Å². The molecule has 1 aromatic heterocycles. The van der Waals surface area contributed by atoms with Crippen LogP contribution in [0.4, 0.5) is 0 Å². The molecular formula is C22H29N3O2. The summed E-state index contributed by atoms with van der Waals surface area (Å²) in [6.07, 6.45) is 9.15. The molecule has 1 aliphatic rings. The number of pyridine rings is 1. The Hall–Kier alpha value is -2.40. The number of hydrogen-bond donors (Lipinski definition) is 1. The van der Waals surface area contributed by atoms with Gasteiger partial charge in [0.1, 0.15) is 5.75 Å². The van der Waals surface area contributed by atoms with Gasteiger partial charge in [-0.3, -0.25) is 9.78 Å². The van der Waals surface area contributed by atoms with Crippen molar-refractivity contribution < 1.29 is 9.53 Å². The van der Waals surface area contributed by atoms with Gasteiger partial charge in [0.2, 0.25) is 5.91 Å². The molecule has 0 saturated carbocycles. The first-order valence-corrected chi connectivity index (χ1v) is 9.82. The number of aromatic nitrogens is 1. The molecule has 1 N–H and O–H groups in total. The minimum Gasteiger partial charge on any atom is -0.497 e. The summed E-state index contributed by atoms with van der Waals surface area (Å²) in [5.74, 6) is 0.886. The summed E-state index contributed by atoms with van der Waals surface area (Å²) in [7, 11) is 1.65. The average molecular weight is 367 g/mol. The van der Waals surface area contributed by atoms with Crippen molar-refractivity contribution in [1.82, 2.24) is 15.2 Å². The van der Waals surface area contributed by atoms with Crippen LogP contribution >= 0.6 is 0 Å². The molecule has 1 saturated heterocycles. The molecule has 27 heavy (non-hydrogen) atoms. The Balaban J connectivity index is 1.66. The summed E-state index contributed by atoms with van der Waals surface area (Å²) in [6.45, 7) is 3.05. The summed E-state index contributed by atoms with van der Waals surface area (Å²) in [4.78, 5) is 19.2. The fraction of sp³-hybridized carbons (Fsp3) is 0.455. The smallest absolute Gasteiger partial charge is 0.222 e. The van der Waals surface area contributed by atoms with Crippen LogP contribution in [0.2, 0.25) is 0 Å². The van der Waals surface area contributed by atoms with Gasteiger partial charge in [0.05, 0.1) is 13.2 Å². The van der Waals surface area contributed by atoms with Gasteiger partial charge >= 0.3 is 0 Å². The second-order valence-corrected chi connectivity index (χ2v) is 7.06. The van der Waals surface area contributed by atoms with Crippen molar-refractivity contribution in [3.63, 3.8) is 0 Å². The minimum atomic E-state index is -0.185. The van der Waals surface area contributed by atoms with Crippen molar-refractivity contribution in [2.75, 3.05) is 26.7 Å². The Morgan fingerprint density at radius 3 is 2.30 bits per heavy atom. The molecule has 1 aromatic carbocycles. The zero-order chi connectivity index (χ0) is 18.9. The monoisotopic (exact) mass is 367 g/mol. The quantitative estimate of drug-likeness (QED) is 0.813.